The SMILES string of the molecule is CC(=O)N[C@H]1C[C@H]2CN(Cc3cccc(Cl)c3)[C@@H](CNC(=O)C3CC3)C(=O)N2C1. The maximum Gasteiger partial charge on any atom is 0.242 e. The molecule has 29 heavy (non-hydrogen) atoms. The zero-order valence-electron chi connectivity index (χ0n) is 16.6. The minimum absolute atomic E-state index is 0.0192. The van der Waals surface area contributed by atoms with Crippen molar-refractivity contribution >= 4 is 29.3 Å². The molecule has 3 aliphatic rings. The highest BCUT2D eigenvalue weighted by Gasteiger charge is 2.45. The molecule has 0 radical (unpaired) electrons. The minimum Gasteiger partial charge on any atom is -0.354 e. The van der Waals surface area contributed by atoms with Crippen LogP contribution < -0.4 is 10.6 Å². The van der Waals surface area contributed by atoms with Gasteiger partial charge >= 0.3 is 0 Å². The second-order valence-electron chi connectivity index (χ2n) is 8.37. The lowest BCUT2D eigenvalue weighted by Gasteiger charge is -2.42. The van der Waals surface area contributed by atoms with E-state index in [2.05, 4.69) is 15.5 Å². The van der Waals surface area contributed by atoms with Crippen molar-refractivity contribution in [2.75, 3.05) is 19.6 Å². The third kappa shape index (κ3) is 4.73. The Morgan fingerprint density at radius 3 is 2.72 bits per heavy atom. The first-order valence-corrected chi connectivity index (χ1v) is 10.6. The Morgan fingerprint density at radius 2 is 2.03 bits per heavy atom. The maximum atomic E-state index is 13.3. The number of nitrogens with one attached hydrogen (secondary N) is 2. The summed E-state index contributed by atoms with van der Waals surface area (Å²) in [4.78, 5) is 40.9. The molecule has 0 bridgehead atoms. The minimum atomic E-state index is -0.413. The lowest BCUT2D eigenvalue weighted by atomic mass is 10.0. The number of piperazine rings is 1. The van der Waals surface area contributed by atoms with Gasteiger partial charge in [0.25, 0.3) is 0 Å². The number of carbonyl (C=O) groups is 3. The average Bonchev–Trinajstić information content (AvgIpc) is 3.42. The van der Waals surface area contributed by atoms with Crippen LogP contribution in [-0.4, -0.2) is 65.3 Å². The molecule has 3 amide bonds. The number of benzene rings is 1. The molecule has 1 aromatic rings. The first-order chi connectivity index (χ1) is 13.9. The van der Waals surface area contributed by atoms with Crippen molar-refractivity contribution in [3.05, 3.63) is 34.9 Å². The number of hydrogen-bond donors (Lipinski definition) is 2. The van der Waals surface area contributed by atoms with Crippen LogP contribution in [0.3, 0.4) is 0 Å². The van der Waals surface area contributed by atoms with Crippen LogP contribution >= 0.6 is 11.6 Å². The Labute approximate surface area is 175 Å². The van der Waals surface area contributed by atoms with E-state index >= 15 is 0 Å². The van der Waals surface area contributed by atoms with Gasteiger partial charge in [0.15, 0.2) is 0 Å². The highest BCUT2D eigenvalue weighted by molar-refractivity contribution is 6.30. The van der Waals surface area contributed by atoms with Gasteiger partial charge in [0, 0.05) is 56.1 Å². The molecular formula is C21H27ClN4O3. The molecule has 7 nitrogen and oxygen atoms in total. The van der Waals surface area contributed by atoms with Gasteiger partial charge < -0.3 is 15.5 Å². The number of fused-ring (bicyclic) bond motifs is 1. The van der Waals surface area contributed by atoms with E-state index in [4.69, 9.17) is 11.6 Å². The molecule has 2 heterocycles. The molecule has 1 aromatic carbocycles. The molecule has 2 saturated heterocycles. The number of hydrogen-bond acceptors (Lipinski definition) is 4. The third-order valence-electron chi connectivity index (χ3n) is 5.97. The second kappa shape index (κ2) is 8.32. The van der Waals surface area contributed by atoms with E-state index < -0.39 is 6.04 Å². The van der Waals surface area contributed by atoms with Crippen molar-refractivity contribution in [3.8, 4) is 0 Å². The Balaban J connectivity index is 1.50. The number of halogens is 1. The zero-order valence-corrected chi connectivity index (χ0v) is 17.3. The molecule has 8 heteroatoms. The van der Waals surface area contributed by atoms with E-state index in [1.807, 2.05) is 29.2 Å². The van der Waals surface area contributed by atoms with Gasteiger partial charge in [-0.05, 0) is 37.0 Å². The van der Waals surface area contributed by atoms with Gasteiger partial charge in [-0.25, -0.2) is 0 Å². The molecule has 1 saturated carbocycles. The molecule has 1 aliphatic carbocycles. The molecule has 156 valence electrons. The molecule has 2 aliphatic heterocycles. The van der Waals surface area contributed by atoms with Gasteiger partial charge in [-0.3, -0.25) is 19.3 Å². The zero-order chi connectivity index (χ0) is 20.5. The van der Waals surface area contributed by atoms with E-state index in [9.17, 15) is 14.4 Å². The Kier molecular flexibility index (Phi) is 5.79. The molecule has 0 aromatic heterocycles. The van der Waals surface area contributed by atoms with Crippen LogP contribution in [-0.2, 0) is 20.9 Å². The van der Waals surface area contributed by atoms with Crippen LogP contribution in [0.5, 0.6) is 0 Å². The van der Waals surface area contributed by atoms with Gasteiger partial charge in [0.1, 0.15) is 6.04 Å². The van der Waals surface area contributed by atoms with E-state index in [0.29, 0.717) is 31.2 Å². The Morgan fingerprint density at radius 1 is 1.24 bits per heavy atom. The van der Waals surface area contributed by atoms with Crippen LogP contribution in [0, 0.1) is 5.92 Å². The molecular weight excluding hydrogens is 392 g/mol. The van der Waals surface area contributed by atoms with Gasteiger partial charge in [0.2, 0.25) is 17.7 Å². The summed E-state index contributed by atoms with van der Waals surface area (Å²) in [6.07, 6.45) is 2.62. The van der Waals surface area contributed by atoms with Gasteiger partial charge in [0.05, 0.1) is 0 Å². The molecule has 4 rings (SSSR count). The van der Waals surface area contributed by atoms with E-state index in [1.165, 1.54) is 6.92 Å². The van der Waals surface area contributed by atoms with Gasteiger partial charge in [-0.1, -0.05) is 23.7 Å². The second-order valence-corrected chi connectivity index (χ2v) is 8.81. The normalized spacial score (nSPS) is 26.9. The largest absolute Gasteiger partial charge is 0.354 e. The summed E-state index contributed by atoms with van der Waals surface area (Å²) >= 11 is 6.14. The molecule has 3 fully saturated rings. The highest BCUT2D eigenvalue weighted by Crippen LogP contribution is 2.30. The van der Waals surface area contributed by atoms with Gasteiger partial charge in [-0.2, -0.15) is 0 Å². The lowest BCUT2D eigenvalue weighted by molar-refractivity contribution is -0.144. The van der Waals surface area contributed by atoms with Crippen molar-refractivity contribution in [3.63, 3.8) is 0 Å². The average molecular weight is 419 g/mol. The van der Waals surface area contributed by atoms with Crippen molar-refractivity contribution in [2.45, 2.75) is 50.9 Å². The van der Waals surface area contributed by atoms with E-state index in [1.54, 1.807) is 0 Å². The van der Waals surface area contributed by atoms with Crippen molar-refractivity contribution in [1.29, 1.82) is 0 Å². The lowest BCUT2D eigenvalue weighted by Crippen LogP contribution is -2.62. The number of carbonyl (C=O) groups excluding carboxylic acids is 3. The van der Waals surface area contributed by atoms with E-state index in [0.717, 1.165) is 24.8 Å². The third-order valence-corrected chi connectivity index (χ3v) is 6.20. The van der Waals surface area contributed by atoms with Crippen LogP contribution in [0.4, 0.5) is 0 Å². The smallest absolute Gasteiger partial charge is 0.242 e. The summed E-state index contributed by atoms with van der Waals surface area (Å²) in [5.41, 5.74) is 1.04. The fraction of sp³-hybridized carbons (Fsp3) is 0.571. The summed E-state index contributed by atoms with van der Waals surface area (Å²) in [5.74, 6) is 0.0949. The summed E-state index contributed by atoms with van der Waals surface area (Å²) in [7, 11) is 0. The standard InChI is InChI=1S/C21H27ClN4O3/c1-13(27)24-17-8-18-12-25(10-14-3-2-4-16(22)7-14)19(21(29)26(18)11-17)9-23-20(28)15-5-6-15/h2-4,7,15,17-19H,5-6,8-12H2,1H3,(H,23,28)(H,24,27)/t17-,18-,19-/m0/s1. The topological polar surface area (TPSA) is 81.8 Å². The van der Waals surface area contributed by atoms with Gasteiger partial charge in [-0.15, -0.1) is 0 Å². The molecule has 2 N–H and O–H groups in total. The predicted molar refractivity (Wildman–Crippen MR) is 109 cm³/mol. The van der Waals surface area contributed by atoms with Crippen LogP contribution in [0.2, 0.25) is 5.02 Å². The summed E-state index contributed by atoms with van der Waals surface area (Å²) < 4.78 is 0. The Hall–Kier alpha value is -2.12. The molecule has 3 atom stereocenters. The van der Waals surface area contributed by atoms with Crippen LogP contribution in [0.1, 0.15) is 31.7 Å². The molecule has 0 spiro atoms. The molecule has 0 unspecified atom stereocenters. The van der Waals surface area contributed by atoms with Crippen molar-refractivity contribution in [1.82, 2.24) is 20.4 Å². The van der Waals surface area contributed by atoms with Crippen molar-refractivity contribution < 1.29 is 14.4 Å². The summed E-state index contributed by atoms with van der Waals surface area (Å²) in [6, 6.07) is 7.27. The Bertz CT molecular complexity index is 813. The number of amides is 3. The highest BCUT2D eigenvalue weighted by atomic mass is 35.5. The monoisotopic (exact) mass is 418 g/mol. The van der Waals surface area contributed by atoms with Crippen LogP contribution in [0.25, 0.3) is 0 Å². The fourth-order valence-corrected chi connectivity index (χ4v) is 4.66. The first kappa shape index (κ1) is 20.2. The number of nitrogens with zero attached hydrogens (tertiary/aromatic N) is 2. The summed E-state index contributed by atoms with van der Waals surface area (Å²) in [5, 5.41) is 6.58. The van der Waals surface area contributed by atoms with E-state index in [-0.39, 0.29) is 35.7 Å². The summed E-state index contributed by atoms with van der Waals surface area (Å²) in [6.45, 7) is 3.63. The maximum absolute atomic E-state index is 13.3. The van der Waals surface area contributed by atoms with Crippen molar-refractivity contribution in [2.24, 2.45) is 5.92 Å². The van der Waals surface area contributed by atoms with Crippen LogP contribution in [0.15, 0.2) is 24.3 Å². The fourth-order valence-electron chi connectivity index (χ4n) is 4.45. The number of rotatable bonds is 6. The predicted octanol–water partition coefficient (Wildman–Crippen LogP) is 1.16. The quantitative estimate of drug-likeness (QED) is 0.726. The first-order valence-electron chi connectivity index (χ1n) is 10.2.